The monoisotopic (exact) mass is 361 g/mol. The molecular formula is C18H15N7O2. The number of imidazole rings is 1. The molecule has 0 N–H and O–H groups in total. The largest absolute Gasteiger partial charge is 0.358 e. The van der Waals surface area contributed by atoms with Crippen molar-refractivity contribution in [2.45, 2.75) is 0 Å². The van der Waals surface area contributed by atoms with Gasteiger partial charge in [0.25, 0.3) is 5.82 Å². The summed E-state index contributed by atoms with van der Waals surface area (Å²) >= 11 is 0. The van der Waals surface area contributed by atoms with E-state index in [4.69, 9.17) is 0 Å². The van der Waals surface area contributed by atoms with Crippen LogP contribution < -0.4 is 0 Å². The molecule has 0 bridgehead atoms. The normalized spacial score (nSPS) is 11.3. The van der Waals surface area contributed by atoms with Crippen LogP contribution in [0.3, 0.4) is 0 Å². The molecule has 0 saturated heterocycles. The van der Waals surface area contributed by atoms with Crippen LogP contribution in [0, 0.1) is 21.4 Å². The van der Waals surface area contributed by atoms with Gasteiger partial charge in [-0.05, 0) is 16.6 Å². The Kier molecular flexibility index (Phi) is 4.90. The average Bonchev–Trinajstić information content (AvgIpc) is 3.19. The summed E-state index contributed by atoms with van der Waals surface area (Å²) in [6, 6.07) is 11.8. The number of hydrogen-bond donors (Lipinski definition) is 0. The smallest absolute Gasteiger partial charge is 0.342 e. The molecule has 0 unspecified atom stereocenters. The van der Waals surface area contributed by atoms with E-state index >= 15 is 0 Å². The number of allylic oxidation sites excluding steroid dienone is 1. The molecule has 0 saturated carbocycles. The van der Waals surface area contributed by atoms with E-state index in [-0.39, 0.29) is 22.9 Å². The molecule has 0 spiro atoms. The standard InChI is InChI=1S/C18H15N7O2/c1-23-15(25(26)27)12-21-18(23)16-14(11-19)17(24(2)22-16)20-10-6-9-13-7-4-3-5-8-13/h3-10,12H,1-2H3/b9-6+,20-10?. The summed E-state index contributed by atoms with van der Waals surface area (Å²) in [6.45, 7) is 0. The van der Waals surface area contributed by atoms with Gasteiger partial charge >= 0.3 is 5.82 Å². The number of rotatable bonds is 5. The summed E-state index contributed by atoms with van der Waals surface area (Å²) < 4.78 is 2.73. The summed E-state index contributed by atoms with van der Waals surface area (Å²) in [5, 5.41) is 24.8. The lowest BCUT2D eigenvalue weighted by atomic mass is 10.2. The molecule has 0 aliphatic heterocycles. The first-order valence-electron chi connectivity index (χ1n) is 7.92. The van der Waals surface area contributed by atoms with Crippen LogP contribution in [0.2, 0.25) is 0 Å². The second-order valence-electron chi connectivity index (χ2n) is 5.59. The third-order valence-electron chi connectivity index (χ3n) is 3.86. The highest BCUT2D eigenvalue weighted by Gasteiger charge is 2.26. The second kappa shape index (κ2) is 7.45. The van der Waals surface area contributed by atoms with E-state index in [1.54, 1.807) is 19.3 Å². The van der Waals surface area contributed by atoms with Crippen molar-refractivity contribution in [2.75, 3.05) is 0 Å². The summed E-state index contributed by atoms with van der Waals surface area (Å²) in [5.41, 5.74) is 1.47. The van der Waals surface area contributed by atoms with E-state index in [0.717, 1.165) is 11.8 Å². The Morgan fingerprint density at radius 1 is 1.30 bits per heavy atom. The first-order chi connectivity index (χ1) is 13.0. The Labute approximate surface area is 154 Å². The highest BCUT2D eigenvalue weighted by atomic mass is 16.6. The van der Waals surface area contributed by atoms with E-state index in [1.165, 1.54) is 16.3 Å². The van der Waals surface area contributed by atoms with E-state index in [2.05, 4.69) is 21.1 Å². The summed E-state index contributed by atoms with van der Waals surface area (Å²) in [7, 11) is 3.15. The molecule has 134 valence electrons. The molecule has 2 heterocycles. The van der Waals surface area contributed by atoms with Crippen LogP contribution in [-0.2, 0) is 14.1 Å². The number of aromatic nitrogens is 4. The van der Waals surface area contributed by atoms with Gasteiger partial charge in [-0.25, -0.2) is 19.2 Å². The number of nitrogens with zero attached hydrogens (tertiary/aromatic N) is 7. The van der Waals surface area contributed by atoms with Crippen LogP contribution in [0.5, 0.6) is 0 Å². The van der Waals surface area contributed by atoms with E-state index < -0.39 is 4.92 Å². The van der Waals surface area contributed by atoms with Crippen LogP contribution in [0.1, 0.15) is 11.1 Å². The Morgan fingerprint density at radius 3 is 2.67 bits per heavy atom. The quantitative estimate of drug-likeness (QED) is 0.393. The maximum Gasteiger partial charge on any atom is 0.342 e. The number of benzene rings is 1. The molecule has 0 fully saturated rings. The molecule has 3 rings (SSSR count). The number of nitriles is 1. The zero-order valence-corrected chi connectivity index (χ0v) is 14.6. The average molecular weight is 361 g/mol. The molecule has 1 aromatic carbocycles. The number of aryl methyl sites for hydroxylation is 1. The third kappa shape index (κ3) is 3.50. The molecule has 0 atom stereocenters. The molecule has 27 heavy (non-hydrogen) atoms. The summed E-state index contributed by atoms with van der Waals surface area (Å²) in [4.78, 5) is 18.8. The van der Waals surface area contributed by atoms with Crippen molar-refractivity contribution < 1.29 is 4.92 Å². The molecule has 3 aromatic rings. The van der Waals surface area contributed by atoms with Crippen molar-refractivity contribution in [2.24, 2.45) is 19.1 Å². The number of aliphatic imine (C=N–C) groups is 1. The fraction of sp³-hybridized carbons (Fsp3) is 0.111. The van der Waals surface area contributed by atoms with Gasteiger partial charge < -0.3 is 10.1 Å². The van der Waals surface area contributed by atoms with Gasteiger partial charge in [-0.15, -0.1) is 0 Å². The molecule has 0 amide bonds. The highest BCUT2D eigenvalue weighted by molar-refractivity contribution is 5.82. The van der Waals surface area contributed by atoms with Gasteiger partial charge in [0.15, 0.2) is 11.5 Å². The van der Waals surface area contributed by atoms with Crippen LogP contribution in [0.25, 0.3) is 17.6 Å². The van der Waals surface area contributed by atoms with Gasteiger partial charge in [0.1, 0.15) is 17.8 Å². The minimum absolute atomic E-state index is 0.185. The second-order valence-corrected chi connectivity index (χ2v) is 5.59. The topological polar surface area (TPSA) is 115 Å². The van der Waals surface area contributed by atoms with Gasteiger partial charge in [-0.2, -0.15) is 10.4 Å². The fourth-order valence-electron chi connectivity index (χ4n) is 2.54. The third-order valence-corrected chi connectivity index (χ3v) is 3.86. The molecule has 9 nitrogen and oxygen atoms in total. The first-order valence-corrected chi connectivity index (χ1v) is 7.92. The van der Waals surface area contributed by atoms with Crippen molar-refractivity contribution in [3.05, 3.63) is 63.8 Å². The van der Waals surface area contributed by atoms with Gasteiger partial charge in [0.2, 0.25) is 0 Å². The van der Waals surface area contributed by atoms with Crippen molar-refractivity contribution in [3.63, 3.8) is 0 Å². The number of hydrogen-bond acceptors (Lipinski definition) is 6. The predicted octanol–water partition coefficient (Wildman–Crippen LogP) is 3.02. The van der Waals surface area contributed by atoms with Crippen molar-refractivity contribution >= 4 is 23.9 Å². The lowest BCUT2D eigenvalue weighted by Gasteiger charge is -1.96. The van der Waals surface area contributed by atoms with Crippen molar-refractivity contribution in [3.8, 4) is 17.6 Å². The Morgan fingerprint density at radius 2 is 2.04 bits per heavy atom. The van der Waals surface area contributed by atoms with E-state index in [0.29, 0.717) is 5.82 Å². The molecule has 9 heteroatoms. The number of nitro groups is 1. The highest BCUT2D eigenvalue weighted by Crippen LogP contribution is 2.30. The lowest BCUT2D eigenvalue weighted by Crippen LogP contribution is -2.00. The zero-order chi connectivity index (χ0) is 19.4. The Hall–Kier alpha value is -4.06. The van der Waals surface area contributed by atoms with Crippen LogP contribution in [0.15, 0.2) is 47.6 Å². The molecule has 0 radical (unpaired) electrons. The Bertz CT molecular complexity index is 1090. The lowest BCUT2D eigenvalue weighted by molar-refractivity contribution is -0.391. The van der Waals surface area contributed by atoms with Crippen molar-refractivity contribution in [1.29, 1.82) is 5.26 Å². The fourth-order valence-corrected chi connectivity index (χ4v) is 2.54. The van der Waals surface area contributed by atoms with Gasteiger partial charge in [-0.1, -0.05) is 36.4 Å². The van der Waals surface area contributed by atoms with Crippen LogP contribution in [0.4, 0.5) is 11.6 Å². The minimum atomic E-state index is -0.543. The Balaban J connectivity index is 1.95. The molecule has 2 aromatic heterocycles. The maximum absolute atomic E-state index is 11.0. The van der Waals surface area contributed by atoms with Crippen LogP contribution >= 0.6 is 0 Å². The predicted molar refractivity (Wildman–Crippen MR) is 100 cm³/mol. The van der Waals surface area contributed by atoms with Gasteiger partial charge in [0, 0.05) is 13.3 Å². The van der Waals surface area contributed by atoms with E-state index in [9.17, 15) is 15.4 Å². The molecule has 0 aliphatic rings. The maximum atomic E-state index is 11.0. The first kappa shape index (κ1) is 17.8. The molecular weight excluding hydrogens is 346 g/mol. The van der Waals surface area contributed by atoms with Gasteiger partial charge in [0.05, 0.1) is 7.05 Å². The summed E-state index contributed by atoms with van der Waals surface area (Å²) in [6.07, 6.45) is 6.34. The zero-order valence-electron chi connectivity index (χ0n) is 14.6. The summed E-state index contributed by atoms with van der Waals surface area (Å²) in [5.74, 6) is 0.390. The minimum Gasteiger partial charge on any atom is -0.358 e. The van der Waals surface area contributed by atoms with Crippen molar-refractivity contribution in [1.82, 2.24) is 19.3 Å². The van der Waals surface area contributed by atoms with E-state index in [1.807, 2.05) is 36.4 Å². The SMILES string of the molecule is Cn1nc(-c2ncc([N+](=O)[O-])n2C)c(C#N)c1N=C/C=C/c1ccccc1. The van der Waals surface area contributed by atoms with Crippen LogP contribution in [-0.4, -0.2) is 30.5 Å². The molecule has 0 aliphatic carbocycles. The van der Waals surface area contributed by atoms with Gasteiger partial charge in [-0.3, -0.25) is 0 Å².